The number of hydrogen-bond donors (Lipinski definition) is 1. The Bertz CT molecular complexity index is 665. The third-order valence-electron chi connectivity index (χ3n) is 3.15. The smallest absolute Gasteiger partial charge is 0.333 e. The van der Waals surface area contributed by atoms with E-state index >= 15 is 0 Å². The predicted octanol–water partition coefficient (Wildman–Crippen LogP) is 2.14. The number of aldehydes is 1. The van der Waals surface area contributed by atoms with Crippen LogP contribution in [0.3, 0.4) is 0 Å². The molecule has 0 aromatic heterocycles. The van der Waals surface area contributed by atoms with E-state index in [2.05, 4.69) is 5.32 Å². The normalized spacial score (nSPS) is 11.3. The van der Waals surface area contributed by atoms with Crippen molar-refractivity contribution in [1.29, 1.82) is 0 Å². The maximum Gasteiger partial charge on any atom is 0.333 e. The highest BCUT2D eigenvalue weighted by molar-refractivity contribution is 5.97. The minimum absolute atomic E-state index is 0.357. The molecule has 0 bridgehead atoms. The molecule has 0 spiro atoms. The number of carbonyl (C=O) groups excluding carboxylic acids is 3. The van der Waals surface area contributed by atoms with Gasteiger partial charge in [-0.3, -0.25) is 9.59 Å². The van der Waals surface area contributed by atoms with Crippen LogP contribution >= 0.6 is 0 Å². The van der Waals surface area contributed by atoms with Gasteiger partial charge in [0.2, 0.25) is 0 Å². The zero-order valence-corrected chi connectivity index (χ0v) is 12.0. The highest BCUT2D eigenvalue weighted by Gasteiger charge is 2.23. The second-order valence-electron chi connectivity index (χ2n) is 4.58. The molecule has 5 nitrogen and oxygen atoms in total. The first kappa shape index (κ1) is 15.4. The number of methoxy groups -OCH3 is 1. The van der Waals surface area contributed by atoms with E-state index in [1.54, 1.807) is 24.3 Å². The van der Waals surface area contributed by atoms with Crippen LogP contribution in [0.15, 0.2) is 54.6 Å². The Hall–Kier alpha value is -2.95. The van der Waals surface area contributed by atoms with Crippen LogP contribution in [0.1, 0.15) is 32.3 Å². The molecule has 0 aliphatic rings. The van der Waals surface area contributed by atoms with E-state index in [4.69, 9.17) is 4.74 Å². The Morgan fingerprint density at radius 3 is 2.23 bits per heavy atom. The molecular formula is C17H15NO4. The lowest BCUT2D eigenvalue weighted by Gasteiger charge is -2.17. The lowest BCUT2D eigenvalue weighted by Crippen LogP contribution is -2.34. The van der Waals surface area contributed by atoms with Crippen molar-refractivity contribution in [2.24, 2.45) is 0 Å². The van der Waals surface area contributed by atoms with E-state index in [1.807, 2.05) is 6.07 Å². The second-order valence-corrected chi connectivity index (χ2v) is 4.58. The number of hydrogen-bond acceptors (Lipinski definition) is 4. The topological polar surface area (TPSA) is 72.5 Å². The van der Waals surface area contributed by atoms with E-state index in [0.717, 1.165) is 0 Å². The number of esters is 1. The molecular weight excluding hydrogens is 282 g/mol. The maximum atomic E-state index is 12.2. The first-order valence-corrected chi connectivity index (χ1v) is 6.64. The molecule has 1 amide bonds. The van der Waals surface area contributed by atoms with E-state index in [1.165, 1.54) is 31.4 Å². The fourth-order valence-corrected chi connectivity index (χ4v) is 1.97. The van der Waals surface area contributed by atoms with Gasteiger partial charge in [-0.05, 0) is 17.7 Å². The van der Waals surface area contributed by atoms with E-state index < -0.39 is 17.9 Å². The molecule has 0 heterocycles. The van der Waals surface area contributed by atoms with Crippen LogP contribution in [0, 0.1) is 0 Å². The summed E-state index contributed by atoms with van der Waals surface area (Å²) < 4.78 is 4.74. The van der Waals surface area contributed by atoms with Crippen LogP contribution < -0.4 is 5.32 Å². The van der Waals surface area contributed by atoms with Crippen molar-refractivity contribution in [2.75, 3.05) is 7.11 Å². The third-order valence-corrected chi connectivity index (χ3v) is 3.15. The number of carbonyl (C=O) groups is 3. The Kier molecular flexibility index (Phi) is 5.03. The van der Waals surface area contributed by atoms with Crippen molar-refractivity contribution in [3.63, 3.8) is 0 Å². The van der Waals surface area contributed by atoms with Crippen LogP contribution in [0.2, 0.25) is 0 Å². The summed E-state index contributed by atoms with van der Waals surface area (Å²) in [7, 11) is 1.27. The SMILES string of the molecule is COC(=O)C(NC(=O)c1ccc(C=O)cc1)c1ccccc1. The first-order chi connectivity index (χ1) is 10.7. The average Bonchev–Trinajstić information content (AvgIpc) is 2.59. The molecule has 0 aliphatic heterocycles. The Morgan fingerprint density at radius 2 is 1.68 bits per heavy atom. The van der Waals surface area contributed by atoms with E-state index in [0.29, 0.717) is 23.0 Å². The van der Waals surface area contributed by atoms with E-state index in [9.17, 15) is 14.4 Å². The third kappa shape index (κ3) is 3.58. The van der Waals surface area contributed by atoms with Crippen LogP contribution in [-0.4, -0.2) is 25.3 Å². The zero-order valence-electron chi connectivity index (χ0n) is 12.0. The van der Waals surface area contributed by atoms with Gasteiger partial charge in [0.05, 0.1) is 7.11 Å². The summed E-state index contributed by atoms with van der Waals surface area (Å²) >= 11 is 0. The molecule has 1 N–H and O–H groups in total. The minimum atomic E-state index is -0.885. The number of ether oxygens (including phenoxy) is 1. The number of nitrogens with one attached hydrogen (secondary N) is 1. The molecule has 2 rings (SSSR count). The molecule has 22 heavy (non-hydrogen) atoms. The van der Waals surface area contributed by atoms with Crippen LogP contribution in [0.4, 0.5) is 0 Å². The molecule has 5 heteroatoms. The molecule has 0 fully saturated rings. The zero-order chi connectivity index (χ0) is 15.9. The molecule has 112 valence electrons. The standard InChI is InChI=1S/C17H15NO4/c1-22-17(21)15(13-5-3-2-4-6-13)18-16(20)14-9-7-12(11-19)8-10-14/h2-11,15H,1H3,(H,18,20). The van der Waals surface area contributed by atoms with Gasteiger partial charge in [-0.25, -0.2) is 4.79 Å². The van der Waals surface area contributed by atoms with Crippen LogP contribution in [0.5, 0.6) is 0 Å². The highest BCUT2D eigenvalue weighted by atomic mass is 16.5. The van der Waals surface area contributed by atoms with Gasteiger partial charge in [0.1, 0.15) is 6.29 Å². The van der Waals surface area contributed by atoms with E-state index in [-0.39, 0.29) is 0 Å². The lowest BCUT2D eigenvalue weighted by atomic mass is 10.1. The van der Waals surface area contributed by atoms with Gasteiger partial charge < -0.3 is 10.1 Å². The fourth-order valence-electron chi connectivity index (χ4n) is 1.97. The van der Waals surface area contributed by atoms with Gasteiger partial charge in [0.15, 0.2) is 6.04 Å². The Morgan fingerprint density at radius 1 is 1.05 bits per heavy atom. The van der Waals surface area contributed by atoms with Crippen molar-refractivity contribution >= 4 is 18.2 Å². The second kappa shape index (κ2) is 7.17. The lowest BCUT2D eigenvalue weighted by molar-refractivity contribution is -0.143. The van der Waals surface area contributed by atoms with Gasteiger partial charge in [-0.15, -0.1) is 0 Å². The fraction of sp³-hybridized carbons (Fsp3) is 0.118. The van der Waals surface area contributed by atoms with Gasteiger partial charge >= 0.3 is 5.97 Å². The Labute approximate surface area is 127 Å². The average molecular weight is 297 g/mol. The van der Waals surface area contributed by atoms with Crippen molar-refractivity contribution in [1.82, 2.24) is 5.32 Å². The van der Waals surface area contributed by atoms with Gasteiger partial charge in [0.25, 0.3) is 5.91 Å². The molecule has 1 atom stereocenters. The molecule has 2 aromatic carbocycles. The Balaban J connectivity index is 2.21. The van der Waals surface area contributed by atoms with Crippen molar-refractivity contribution in [3.05, 3.63) is 71.3 Å². The number of amides is 1. The molecule has 0 aliphatic carbocycles. The van der Waals surface area contributed by atoms with Crippen molar-refractivity contribution in [3.8, 4) is 0 Å². The molecule has 0 radical (unpaired) electrons. The van der Waals surface area contributed by atoms with Gasteiger partial charge in [0, 0.05) is 11.1 Å². The molecule has 2 aromatic rings. The highest BCUT2D eigenvalue weighted by Crippen LogP contribution is 2.15. The summed E-state index contributed by atoms with van der Waals surface area (Å²) in [6, 6.07) is 14.1. The molecule has 0 saturated heterocycles. The number of benzene rings is 2. The summed E-state index contributed by atoms with van der Waals surface area (Å²) in [5, 5.41) is 2.64. The summed E-state index contributed by atoms with van der Waals surface area (Å²) in [6.45, 7) is 0. The quantitative estimate of drug-likeness (QED) is 0.678. The van der Waals surface area contributed by atoms with Crippen molar-refractivity contribution < 1.29 is 19.1 Å². The summed E-state index contributed by atoms with van der Waals surface area (Å²) in [6.07, 6.45) is 0.697. The first-order valence-electron chi connectivity index (χ1n) is 6.64. The largest absolute Gasteiger partial charge is 0.467 e. The minimum Gasteiger partial charge on any atom is -0.467 e. The number of rotatable bonds is 5. The van der Waals surface area contributed by atoms with Crippen LogP contribution in [-0.2, 0) is 9.53 Å². The summed E-state index contributed by atoms with van der Waals surface area (Å²) in [5.74, 6) is -0.972. The molecule has 1 unspecified atom stereocenters. The van der Waals surface area contributed by atoms with Crippen molar-refractivity contribution in [2.45, 2.75) is 6.04 Å². The van der Waals surface area contributed by atoms with Crippen LogP contribution in [0.25, 0.3) is 0 Å². The summed E-state index contributed by atoms with van der Waals surface area (Å²) in [5.41, 5.74) is 1.46. The summed E-state index contributed by atoms with van der Waals surface area (Å²) in [4.78, 5) is 34.8. The van der Waals surface area contributed by atoms with Gasteiger partial charge in [-0.1, -0.05) is 42.5 Å². The molecule has 0 saturated carbocycles. The van der Waals surface area contributed by atoms with Gasteiger partial charge in [-0.2, -0.15) is 0 Å². The maximum absolute atomic E-state index is 12.2. The predicted molar refractivity (Wildman–Crippen MR) is 80.5 cm³/mol. The monoisotopic (exact) mass is 297 g/mol.